The molecule has 0 saturated carbocycles. The van der Waals surface area contributed by atoms with Gasteiger partial charge in [0.1, 0.15) is 5.75 Å². The van der Waals surface area contributed by atoms with E-state index in [9.17, 15) is 13.2 Å². The van der Waals surface area contributed by atoms with Gasteiger partial charge in [-0.1, -0.05) is 0 Å². The predicted octanol–water partition coefficient (Wildman–Crippen LogP) is 3.05. The first-order chi connectivity index (χ1) is 12.4. The van der Waals surface area contributed by atoms with Crippen molar-refractivity contribution in [2.75, 3.05) is 29.0 Å². The number of benzene rings is 2. The molecule has 0 bridgehead atoms. The maximum absolute atomic E-state index is 12.4. The molecule has 2 aromatic carbocycles. The molecule has 7 heteroatoms. The highest BCUT2D eigenvalue weighted by Gasteiger charge is 2.26. The summed E-state index contributed by atoms with van der Waals surface area (Å²) in [6.07, 6.45) is 1.55. The van der Waals surface area contributed by atoms with Gasteiger partial charge in [0.05, 0.1) is 18.6 Å². The second kappa shape index (κ2) is 7.37. The van der Waals surface area contributed by atoms with Gasteiger partial charge in [-0.05, 0) is 67.8 Å². The number of anilines is 2. The van der Waals surface area contributed by atoms with Crippen LogP contribution in [0.25, 0.3) is 0 Å². The molecule has 3 rings (SSSR count). The molecule has 0 aromatic heterocycles. The number of nitrogens with one attached hydrogen (secondary N) is 1. The van der Waals surface area contributed by atoms with Gasteiger partial charge in [0.15, 0.2) is 0 Å². The van der Waals surface area contributed by atoms with Gasteiger partial charge in [-0.25, -0.2) is 8.42 Å². The Morgan fingerprint density at radius 1 is 1.19 bits per heavy atom. The van der Waals surface area contributed by atoms with Gasteiger partial charge in [-0.15, -0.1) is 0 Å². The molecule has 1 aliphatic heterocycles. The first kappa shape index (κ1) is 18.3. The SMILES string of the molecule is CCS(=O)(=O)N1CCCc2cc(NC(=O)c3ccc(OC)cc3)ccc21. The molecule has 26 heavy (non-hydrogen) atoms. The van der Waals surface area contributed by atoms with Crippen LogP contribution in [-0.2, 0) is 16.4 Å². The lowest BCUT2D eigenvalue weighted by Crippen LogP contribution is -2.36. The fourth-order valence-electron chi connectivity index (χ4n) is 3.03. The smallest absolute Gasteiger partial charge is 0.255 e. The maximum Gasteiger partial charge on any atom is 0.255 e. The maximum atomic E-state index is 12.4. The molecule has 0 unspecified atom stereocenters. The van der Waals surface area contributed by atoms with Crippen LogP contribution in [0.2, 0.25) is 0 Å². The summed E-state index contributed by atoms with van der Waals surface area (Å²) in [7, 11) is -1.71. The van der Waals surface area contributed by atoms with Crippen LogP contribution in [0.1, 0.15) is 29.3 Å². The summed E-state index contributed by atoms with van der Waals surface area (Å²) < 4.78 is 31.1. The third-order valence-electron chi connectivity index (χ3n) is 4.47. The molecular formula is C19H22N2O4S. The lowest BCUT2D eigenvalue weighted by molar-refractivity contribution is 0.102. The highest BCUT2D eigenvalue weighted by Crippen LogP contribution is 2.32. The minimum absolute atomic E-state index is 0.0718. The third-order valence-corrected chi connectivity index (χ3v) is 6.25. The van der Waals surface area contributed by atoms with Crippen molar-refractivity contribution >= 4 is 27.3 Å². The third kappa shape index (κ3) is 3.67. The number of amides is 1. The van der Waals surface area contributed by atoms with E-state index < -0.39 is 10.0 Å². The number of hydrogen-bond donors (Lipinski definition) is 1. The topological polar surface area (TPSA) is 75.7 Å². The number of fused-ring (bicyclic) bond motifs is 1. The summed E-state index contributed by atoms with van der Waals surface area (Å²) in [5.41, 5.74) is 2.82. The highest BCUT2D eigenvalue weighted by atomic mass is 32.2. The Morgan fingerprint density at radius 2 is 1.92 bits per heavy atom. The molecule has 0 saturated heterocycles. The normalized spacial score (nSPS) is 13.8. The predicted molar refractivity (Wildman–Crippen MR) is 103 cm³/mol. The fraction of sp³-hybridized carbons (Fsp3) is 0.316. The van der Waals surface area contributed by atoms with Gasteiger partial charge in [0.2, 0.25) is 10.0 Å². The van der Waals surface area contributed by atoms with Crippen LogP contribution in [0.3, 0.4) is 0 Å². The zero-order chi connectivity index (χ0) is 18.7. The van der Waals surface area contributed by atoms with Crippen molar-refractivity contribution in [1.82, 2.24) is 0 Å². The van der Waals surface area contributed by atoms with Crippen LogP contribution >= 0.6 is 0 Å². The van der Waals surface area contributed by atoms with Crippen molar-refractivity contribution in [2.45, 2.75) is 19.8 Å². The molecule has 1 N–H and O–H groups in total. The van der Waals surface area contributed by atoms with E-state index in [0.717, 1.165) is 18.4 Å². The second-order valence-electron chi connectivity index (χ2n) is 6.10. The number of carbonyl (C=O) groups is 1. The number of ether oxygens (including phenoxy) is 1. The minimum Gasteiger partial charge on any atom is -0.497 e. The Balaban J connectivity index is 1.81. The molecule has 1 amide bonds. The molecule has 2 aromatic rings. The Kier molecular flexibility index (Phi) is 5.18. The number of sulfonamides is 1. The number of carbonyl (C=O) groups excluding carboxylic acids is 1. The Bertz CT molecular complexity index is 908. The number of rotatable bonds is 5. The molecule has 138 valence electrons. The summed E-state index contributed by atoms with van der Waals surface area (Å²) in [4.78, 5) is 12.4. The first-order valence-electron chi connectivity index (χ1n) is 8.53. The largest absolute Gasteiger partial charge is 0.497 e. The minimum atomic E-state index is -3.29. The summed E-state index contributed by atoms with van der Waals surface area (Å²) in [6.45, 7) is 2.15. The first-order valence-corrected chi connectivity index (χ1v) is 10.1. The van der Waals surface area contributed by atoms with Crippen molar-refractivity contribution in [3.8, 4) is 5.75 Å². The second-order valence-corrected chi connectivity index (χ2v) is 8.28. The molecule has 0 spiro atoms. The zero-order valence-corrected chi connectivity index (χ0v) is 15.7. The highest BCUT2D eigenvalue weighted by molar-refractivity contribution is 7.92. The number of aryl methyl sites for hydroxylation is 1. The summed E-state index contributed by atoms with van der Waals surface area (Å²) >= 11 is 0. The van der Waals surface area contributed by atoms with E-state index in [1.165, 1.54) is 4.31 Å². The van der Waals surface area contributed by atoms with Gasteiger partial charge in [-0.2, -0.15) is 0 Å². The van der Waals surface area contributed by atoms with E-state index in [2.05, 4.69) is 5.32 Å². The van der Waals surface area contributed by atoms with Gasteiger partial charge >= 0.3 is 0 Å². The summed E-state index contributed by atoms with van der Waals surface area (Å²) in [6, 6.07) is 12.2. The van der Waals surface area contributed by atoms with E-state index >= 15 is 0 Å². The fourth-order valence-corrected chi connectivity index (χ4v) is 4.23. The van der Waals surface area contributed by atoms with Gasteiger partial charge in [0.25, 0.3) is 5.91 Å². The van der Waals surface area contributed by atoms with E-state index in [1.807, 2.05) is 6.07 Å². The van der Waals surface area contributed by atoms with Crippen LogP contribution < -0.4 is 14.4 Å². The Morgan fingerprint density at radius 3 is 2.58 bits per heavy atom. The average Bonchev–Trinajstić information content (AvgIpc) is 2.67. The van der Waals surface area contributed by atoms with Gasteiger partial charge in [0, 0.05) is 17.8 Å². The summed E-state index contributed by atoms with van der Waals surface area (Å²) in [5, 5.41) is 2.87. The van der Waals surface area contributed by atoms with Crippen LogP contribution in [0.4, 0.5) is 11.4 Å². The standard InChI is InChI=1S/C19H22N2O4S/c1-3-26(23,24)21-12-4-5-15-13-16(8-11-18(15)21)20-19(22)14-6-9-17(25-2)10-7-14/h6-11,13H,3-5,12H2,1-2H3,(H,20,22). The van der Waals surface area contributed by atoms with Crippen molar-refractivity contribution in [3.63, 3.8) is 0 Å². The molecule has 6 nitrogen and oxygen atoms in total. The molecule has 0 fully saturated rings. The van der Waals surface area contributed by atoms with Crippen molar-refractivity contribution in [3.05, 3.63) is 53.6 Å². The lowest BCUT2D eigenvalue weighted by atomic mass is 10.0. The van der Waals surface area contributed by atoms with Gasteiger partial charge in [-0.3, -0.25) is 9.10 Å². The van der Waals surface area contributed by atoms with Crippen LogP contribution in [0.5, 0.6) is 5.75 Å². The van der Waals surface area contributed by atoms with Gasteiger partial charge < -0.3 is 10.1 Å². The zero-order valence-electron chi connectivity index (χ0n) is 14.9. The Hall–Kier alpha value is -2.54. The van der Waals surface area contributed by atoms with Crippen molar-refractivity contribution < 1.29 is 17.9 Å². The van der Waals surface area contributed by atoms with Crippen molar-refractivity contribution in [1.29, 1.82) is 0 Å². The van der Waals surface area contributed by atoms with Crippen LogP contribution in [0, 0.1) is 0 Å². The van der Waals surface area contributed by atoms with Crippen LogP contribution in [0.15, 0.2) is 42.5 Å². The van der Waals surface area contributed by atoms with Crippen molar-refractivity contribution in [2.24, 2.45) is 0 Å². The monoisotopic (exact) mass is 374 g/mol. The average molecular weight is 374 g/mol. The molecule has 0 aliphatic carbocycles. The van der Waals surface area contributed by atoms with E-state index in [0.29, 0.717) is 29.2 Å². The quantitative estimate of drug-likeness (QED) is 0.873. The Labute approximate surface area is 153 Å². The molecule has 1 heterocycles. The molecule has 0 atom stereocenters. The molecule has 1 aliphatic rings. The number of nitrogens with zero attached hydrogens (tertiary/aromatic N) is 1. The van der Waals surface area contributed by atoms with Crippen LogP contribution in [-0.4, -0.2) is 33.7 Å². The molecular weight excluding hydrogens is 352 g/mol. The van der Waals surface area contributed by atoms with E-state index in [1.54, 1.807) is 50.4 Å². The summed E-state index contributed by atoms with van der Waals surface area (Å²) in [5.74, 6) is 0.538. The van der Waals surface area contributed by atoms with E-state index in [-0.39, 0.29) is 11.7 Å². The van der Waals surface area contributed by atoms with E-state index in [4.69, 9.17) is 4.74 Å². The lowest BCUT2D eigenvalue weighted by Gasteiger charge is -2.30. The molecule has 0 radical (unpaired) electrons. The number of methoxy groups -OCH3 is 1. The number of hydrogen-bond acceptors (Lipinski definition) is 4.